The molecule has 4 nitrogen and oxygen atoms in total. The number of alkyl halides is 2. The number of aliphatic hydroxyl groups is 1. The quantitative estimate of drug-likeness (QED) is 0.0753. The van der Waals surface area contributed by atoms with Gasteiger partial charge in [0.25, 0.3) is 0 Å². The number of aryl methyl sites for hydroxylation is 2. The molecule has 6 aromatic rings. The molecular weight excluding hydrogens is 1060 g/mol. The Hall–Kier alpha value is -4.58. The molecule has 0 bridgehead atoms. The van der Waals surface area contributed by atoms with E-state index in [0.717, 1.165) is 61.3 Å². The third-order valence-electron chi connectivity index (χ3n) is 14.3. The molecule has 8 rings (SSSR count). The van der Waals surface area contributed by atoms with Crippen molar-refractivity contribution >= 4 is 27.3 Å². The van der Waals surface area contributed by atoms with Gasteiger partial charge < -0.3 is 15.1 Å². The third kappa shape index (κ3) is 15.7. The first kappa shape index (κ1) is 52.7. The van der Waals surface area contributed by atoms with Crippen molar-refractivity contribution in [2.24, 2.45) is 11.8 Å². The first-order valence-electron chi connectivity index (χ1n) is 27.6. The Morgan fingerprint density at radius 2 is 1.08 bits per heavy atom. The molecule has 2 heterocycles. The molecule has 0 amide bonds. The fourth-order valence-electron chi connectivity index (χ4n) is 9.92. The summed E-state index contributed by atoms with van der Waals surface area (Å²) in [6, 6.07) is 28.8. The molecule has 7 heteroatoms. The number of hydrogen-bond acceptors (Lipinski definition) is 4. The average molecular weight is 1150 g/mol. The minimum Gasteiger partial charge on any atom is -0.512 e. The van der Waals surface area contributed by atoms with E-state index in [1.165, 1.54) is 73.6 Å². The number of hydrogen-bond donors (Lipinski definition) is 1. The number of aliphatic hydroxyl groups excluding tert-OH is 1. The van der Waals surface area contributed by atoms with E-state index in [-0.39, 0.29) is 80.3 Å². The van der Waals surface area contributed by atoms with Gasteiger partial charge in [0.05, 0.1) is 11.2 Å². The summed E-state index contributed by atoms with van der Waals surface area (Å²) in [5.74, 6) is 0.0692. The molecule has 4 aromatic carbocycles. The topological polar surface area (TPSA) is 63.1 Å². The van der Waals surface area contributed by atoms with Gasteiger partial charge in [0.1, 0.15) is 0 Å². The number of allylic oxidation sites excluding steroid dienone is 2. The summed E-state index contributed by atoms with van der Waals surface area (Å²) >= 11 is 0. The number of carbonyl (C=O) groups excluding carboxylic acids is 1. The molecule has 71 heavy (non-hydrogen) atoms. The molecule has 1 N–H and O–H groups in total. The number of carbonyl (C=O) groups is 1. The van der Waals surface area contributed by atoms with Crippen molar-refractivity contribution in [2.45, 2.75) is 190 Å². The Morgan fingerprint density at radius 3 is 1.44 bits per heavy atom. The first-order chi connectivity index (χ1) is 34.4. The van der Waals surface area contributed by atoms with Crippen LogP contribution in [0, 0.1) is 37.8 Å². The molecule has 2 saturated carbocycles. The largest absolute Gasteiger partial charge is 0.512 e. The van der Waals surface area contributed by atoms with E-state index >= 15 is 0 Å². The average Bonchev–Trinajstić information content (AvgIpc) is 4.09. The molecule has 2 aliphatic rings. The van der Waals surface area contributed by atoms with Crippen molar-refractivity contribution < 1.29 is 44.3 Å². The van der Waals surface area contributed by atoms with Crippen LogP contribution in [0.1, 0.15) is 197 Å². The van der Waals surface area contributed by atoms with E-state index in [0.29, 0.717) is 31.1 Å². The second kappa shape index (κ2) is 26.4. The molecule has 385 valence electrons. The Labute approximate surface area is 446 Å². The minimum absolute atomic E-state index is 0. The van der Waals surface area contributed by atoms with Crippen LogP contribution in [0.15, 0.2) is 96.9 Å². The maximum Gasteiger partial charge on any atom is 0.239 e. The Balaban J connectivity index is 0.000000249. The van der Waals surface area contributed by atoms with E-state index < -0.39 is 18.8 Å². The zero-order chi connectivity index (χ0) is 53.5. The fraction of sp³-hybridized carbons (Fsp3) is 0.484. The maximum atomic E-state index is 12.2. The Bertz CT molecular complexity index is 2760. The predicted molar refractivity (Wildman–Crippen MR) is 292 cm³/mol. The SMILES string of the molecule is C.CCC(CC)C(=O)C=C(O)C(CC)CC(F)F.[2H]c1nc(-c2[c-]c(C)cc(C(C)(C)C)c2)c2ccc(C3CCCC3)cc2c1[2H].[2H]c1nc(-c2[c-]c(C)cc(C(C)(C)C)c2)c2ccc(C3CCCC3)cc2c1[2H].[Ir]. The molecular formula is C64H82F2IrN2O2-2. The van der Waals surface area contributed by atoms with Gasteiger partial charge in [-0.25, -0.2) is 8.78 Å². The van der Waals surface area contributed by atoms with Gasteiger partial charge in [-0.05, 0) is 124 Å². The summed E-state index contributed by atoms with van der Waals surface area (Å²) < 4.78 is 57.9. The number of halogens is 2. The third-order valence-corrected chi connectivity index (χ3v) is 14.3. The maximum absolute atomic E-state index is 12.2. The van der Waals surface area contributed by atoms with Gasteiger partial charge in [0.15, 0.2) is 5.78 Å². The van der Waals surface area contributed by atoms with E-state index in [1.54, 1.807) is 6.92 Å². The zero-order valence-corrected chi connectivity index (χ0v) is 46.0. The van der Waals surface area contributed by atoms with Gasteiger partial charge in [-0.1, -0.05) is 146 Å². The van der Waals surface area contributed by atoms with Gasteiger partial charge in [0.2, 0.25) is 6.43 Å². The summed E-state index contributed by atoms with van der Waals surface area (Å²) in [6.45, 7) is 22.8. The summed E-state index contributed by atoms with van der Waals surface area (Å²) in [5.41, 5.74) is 10.6. The van der Waals surface area contributed by atoms with Crippen LogP contribution in [0.2, 0.25) is 0 Å². The molecule has 2 aliphatic carbocycles. The predicted octanol–water partition coefficient (Wildman–Crippen LogP) is 18.7. The fourth-order valence-corrected chi connectivity index (χ4v) is 9.92. The Morgan fingerprint density at radius 1 is 0.690 bits per heavy atom. The van der Waals surface area contributed by atoms with Crippen LogP contribution >= 0.6 is 0 Å². The normalized spacial score (nSPS) is 15.7. The van der Waals surface area contributed by atoms with Crippen LogP contribution in [-0.2, 0) is 35.7 Å². The molecule has 1 unspecified atom stereocenters. The van der Waals surface area contributed by atoms with Crippen LogP contribution in [-0.4, -0.2) is 27.3 Å². The number of fused-ring (bicyclic) bond motifs is 2. The van der Waals surface area contributed by atoms with E-state index in [9.17, 15) is 18.7 Å². The van der Waals surface area contributed by atoms with Crippen molar-refractivity contribution in [1.82, 2.24) is 9.97 Å². The van der Waals surface area contributed by atoms with Crippen molar-refractivity contribution in [2.75, 3.05) is 0 Å². The minimum atomic E-state index is -2.46. The monoisotopic (exact) mass is 1150 g/mol. The second-order valence-electron chi connectivity index (χ2n) is 21.6. The van der Waals surface area contributed by atoms with Crippen molar-refractivity contribution in [3.63, 3.8) is 0 Å². The van der Waals surface area contributed by atoms with Gasteiger partial charge in [-0.3, -0.25) is 4.79 Å². The second-order valence-corrected chi connectivity index (χ2v) is 21.6. The molecule has 0 saturated heterocycles. The molecule has 1 radical (unpaired) electrons. The molecule has 2 fully saturated rings. The van der Waals surface area contributed by atoms with Crippen molar-refractivity contribution in [3.05, 3.63) is 142 Å². The summed E-state index contributed by atoms with van der Waals surface area (Å²) in [4.78, 5) is 20.7. The number of rotatable bonds is 12. The number of nitrogens with zero attached hydrogens (tertiary/aromatic N) is 2. The number of ketones is 1. The van der Waals surface area contributed by atoms with E-state index in [1.807, 2.05) is 13.8 Å². The standard InChI is InChI=1S/2C25H28N.C13H22F2O2.CH4.Ir/c2*1-17-13-21(16-22(14-17)25(2,3)4)24-23-10-9-19(18-7-5-6-8-18)15-20(23)11-12-26-24;1-4-9(5-2)11(16)8-12(17)10(6-3)7-13(14)15;;/h2*9-12,14-16,18H,5-8H2,1-4H3;8-10,13,17H,4-7H2,1-3H3;1H4;/q2*-1;;;/i2*11D,12D;;;. The molecule has 0 spiro atoms. The summed E-state index contributed by atoms with van der Waals surface area (Å²) in [5, 5.41) is 13.3. The first-order valence-corrected chi connectivity index (χ1v) is 25.6. The smallest absolute Gasteiger partial charge is 0.239 e. The van der Waals surface area contributed by atoms with Crippen LogP contribution in [0.3, 0.4) is 0 Å². The van der Waals surface area contributed by atoms with Crippen molar-refractivity contribution in [1.29, 1.82) is 0 Å². The van der Waals surface area contributed by atoms with Gasteiger partial charge in [-0.15, -0.1) is 69.8 Å². The van der Waals surface area contributed by atoms with E-state index in [2.05, 4.69) is 138 Å². The van der Waals surface area contributed by atoms with Crippen molar-refractivity contribution in [3.8, 4) is 22.5 Å². The van der Waals surface area contributed by atoms with Crippen LogP contribution in [0.25, 0.3) is 44.1 Å². The van der Waals surface area contributed by atoms with Gasteiger partial charge in [0, 0.05) is 56.8 Å². The van der Waals surface area contributed by atoms with Crippen LogP contribution in [0.4, 0.5) is 8.78 Å². The van der Waals surface area contributed by atoms with Gasteiger partial charge in [-0.2, -0.15) is 0 Å². The Kier molecular flexibility index (Phi) is 19.6. The number of pyridine rings is 2. The van der Waals surface area contributed by atoms with Gasteiger partial charge >= 0.3 is 0 Å². The number of benzene rings is 4. The van der Waals surface area contributed by atoms with Crippen LogP contribution < -0.4 is 0 Å². The number of aromatic nitrogens is 2. The molecule has 2 aromatic heterocycles. The summed E-state index contributed by atoms with van der Waals surface area (Å²) in [7, 11) is 0. The summed E-state index contributed by atoms with van der Waals surface area (Å²) in [6.07, 6.45) is 10.2. The van der Waals surface area contributed by atoms with E-state index in [4.69, 9.17) is 5.48 Å². The molecule has 0 aliphatic heterocycles. The zero-order valence-electron chi connectivity index (χ0n) is 47.6. The van der Waals surface area contributed by atoms with Crippen LogP contribution in [0.5, 0.6) is 0 Å². The molecule has 1 atom stereocenters.